The quantitative estimate of drug-likeness (QED) is 0.282. The van der Waals surface area contributed by atoms with Crippen LogP contribution in [-0.4, -0.2) is 35.0 Å². The molecule has 6 nitrogen and oxygen atoms in total. The fourth-order valence-corrected chi connectivity index (χ4v) is 5.74. The van der Waals surface area contributed by atoms with Crippen molar-refractivity contribution in [1.82, 2.24) is 4.98 Å². The highest BCUT2D eigenvalue weighted by molar-refractivity contribution is 8.01. The van der Waals surface area contributed by atoms with Gasteiger partial charge in [0.15, 0.2) is 10.1 Å². The normalized spacial score (nSPS) is 10.9. The van der Waals surface area contributed by atoms with Gasteiger partial charge in [-0.1, -0.05) is 23.4 Å². The number of thioether (sulfide) groups is 1. The maximum atomic E-state index is 12.5. The number of nitrogens with zero attached hydrogens (tertiary/aromatic N) is 1. The summed E-state index contributed by atoms with van der Waals surface area (Å²) in [4.78, 5) is 41.5. The van der Waals surface area contributed by atoms with Crippen molar-refractivity contribution in [3.8, 4) is 0 Å². The van der Waals surface area contributed by atoms with Crippen LogP contribution in [0.1, 0.15) is 39.4 Å². The first-order valence-electron chi connectivity index (χ1n) is 8.60. The number of anilines is 1. The van der Waals surface area contributed by atoms with Gasteiger partial charge >= 0.3 is 5.97 Å². The molecule has 29 heavy (non-hydrogen) atoms. The van der Waals surface area contributed by atoms with Crippen LogP contribution in [0.15, 0.2) is 22.5 Å². The third-order valence-corrected chi connectivity index (χ3v) is 7.58. The lowest BCUT2D eigenvalue weighted by Gasteiger charge is -2.06. The number of hydrogen-bond donors (Lipinski definition) is 1. The SMILES string of the molecule is CCOC(=O)c1c(NC(=O)CSc2nc3cc(Cl)ccc3s2)sc(C(C)=O)c1C. The predicted molar refractivity (Wildman–Crippen MR) is 119 cm³/mol. The molecule has 1 amide bonds. The Bertz CT molecular complexity index is 1110. The monoisotopic (exact) mass is 468 g/mol. The van der Waals surface area contributed by atoms with E-state index in [9.17, 15) is 14.4 Å². The van der Waals surface area contributed by atoms with E-state index in [0.717, 1.165) is 25.9 Å². The number of Topliss-reactive ketones (excluding diaryl/α,β-unsaturated/α-hetero) is 1. The van der Waals surface area contributed by atoms with Gasteiger partial charge in [0, 0.05) is 5.02 Å². The molecule has 0 atom stereocenters. The first kappa shape index (κ1) is 21.8. The second-order valence-corrected chi connectivity index (χ2v) is 9.68. The Hall–Kier alpha value is -1.94. The molecule has 3 rings (SSSR count). The number of halogens is 1. The Morgan fingerprint density at radius 2 is 2.03 bits per heavy atom. The lowest BCUT2D eigenvalue weighted by Crippen LogP contribution is -2.16. The Balaban J connectivity index is 1.74. The van der Waals surface area contributed by atoms with Gasteiger partial charge in [-0.3, -0.25) is 9.59 Å². The molecule has 0 unspecified atom stereocenters. The highest BCUT2D eigenvalue weighted by atomic mass is 35.5. The van der Waals surface area contributed by atoms with E-state index in [0.29, 0.717) is 20.5 Å². The first-order valence-corrected chi connectivity index (χ1v) is 11.6. The second-order valence-electron chi connectivity index (χ2n) is 5.97. The summed E-state index contributed by atoms with van der Waals surface area (Å²) in [6.07, 6.45) is 0. The molecule has 0 saturated carbocycles. The Kier molecular flexibility index (Phi) is 6.94. The zero-order chi connectivity index (χ0) is 21.1. The molecule has 0 spiro atoms. The highest BCUT2D eigenvalue weighted by Crippen LogP contribution is 2.35. The van der Waals surface area contributed by atoms with Crippen LogP contribution in [0.5, 0.6) is 0 Å². The number of carbonyl (C=O) groups excluding carboxylic acids is 3. The minimum absolute atomic E-state index is 0.113. The third kappa shape index (κ3) is 4.98. The number of thiazole rings is 1. The van der Waals surface area contributed by atoms with Crippen molar-refractivity contribution >= 4 is 78.9 Å². The van der Waals surface area contributed by atoms with Crippen LogP contribution in [-0.2, 0) is 9.53 Å². The van der Waals surface area contributed by atoms with Gasteiger partial charge in [0.05, 0.1) is 33.0 Å². The van der Waals surface area contributed by atoms with Gasteiger partial charge in [-0.05, 0) is 44.5 Å². The van der Waals surface area contributed by atoms with Crippen LogP contribution in [0.3, 0.4) is 0 Å². The number of esters is 1. The largest absolute Gasteiger partial charge is 0.462 e. The molecule has 10 heteroatoms. The smallest absolute Gasteiger partial charge is 0.341 e. The zero-order valence-electron chi connectivity index (χ0n) is 15.8. The number of amides is 1. The first-order chi connectivity index (χ1) is 13.8. The van der Waals surface area contributed by atoms with E-state index in [1.54, 1.807) is 26.0 Å². The minimum Gasteiger partial charge on any atom is -0.462 e. The molecule has 0 aliphatic rings. The van der Waals surface area contributed by atoms with Gasteiger partial charge in [-0.2, -0.15) is 0 Å². The van der Waals surface area contributed by atoms with Crippen molar-refractivity contribution in [3.05, 3.63) is 39.2 Å². The third-order valence-electron chi connectivity index (χ3n) is 3.86. The van der Waals surface area contributed by atoms with Gasteiger partial charge in [0.2, 0.25) is 5.91 Å². The number of nitrogens with one attached hydrogen (secondary N) is 1. The summed E-state index contributed by atoms with van der Waals surface area (Å²) in [5, 5.41) is 3.68. The summed E-state index contributed by atoms with van der Waals surface area (Å²) in [5.41, 5.74) is 1.54. The summed E-state index contributed by atoms with van der Waals surface area (Å²) in [6.45, 7) is 5.00. The van der Waals surface area contributed by atoms with Gasteiger partial charge in [0.1, 0.15) is 5.00 Å². The van der Waals surface area contributed by atoms with Gasteiger partial charge < -0.3 is 10.1 Å². The molecule has 0 fully saturated rings. The highest BCUT2D eigenvalue weighted by Gasteiger charge is 2.25. The van der Waals surface area contributed by atoms with Gasteiger partial charge in [0.25, 0.3) is 0 Å². The summed E-state index contributed by atoms with van der Waals surface area (Å²) in [7, 11) is 0. The summed E-state index contributed by atoms with van der Waals surface area (Å²) >= 11 is 9.83. The van der Waals surface area contributed by atoms with Crippen molar-refractivity contribution in [1.29, 1.82) is 0 Å². The number of thiophene rings is 1. The van der Waals surface area contributed by atoms with Gasteiger partial charge in [-0.15, -0.1) is 22.7 Å². The minimum atomic E-state index is -0.556. The van der Waals surface area contributed by atoms with Crippen molar-refractivity contribution in [3.63, 3.8) is 0 Å². The van der Waals surface area contributed by atoms with Crippen LogP contribution in [0, 0.1) is 6.92 Å². The van der Waals surface area contributed by atoms with Crippen LogP contribution in [0.4, 0.5) is 5.00 Å². The van der Waals surface area contributed by atoms with Crippen molar-refractivity contribution < 1.29 is 19.1 Å². The molecule has 0 saturated heterocycles. The van der Waals surface area contributed by atoms with E-state index in [1.165, 1.54) is 30.0 Å². The second kappa shape index (κ2) is 9.25. The lowest BCUT2D eigenvalue weighted by molar-refractivity contribution is -0.113. The molecule has 0 aliphatic carbocycles. The van der Waals surface area contributed by atoms with Crippen LogP contribution in [0.25, 0.3) is 10.2 Å². The zero-order valence-corrected chi connectivity index (χ0v) is 19.0. The molecule has 0 bridgehead atoms. The standard InChI is InChI=1S/C19H17ClN2O4S3/c1-4-26-18(25)15-9(2)16(10(3)23)29-17(15)22-14(24)8-27-19-21-12-7-11(20)5-6-13(12)28-19/h5-7H,4,8H2,1-3H3,(H,22,24). The summed E-state index contributed by atoms with van der Waals surface area (Å²) in [5.74, 6) is -0.905. The van der Waals surface area contributed by atoms with E-state index >= 15 is 0 Å². The maximum Gasteiger partial charge on any atom is 0.341 e. The number of ketones is 1. The number of fused-ring (bicyclic) bond motifs is 1. The Labute approximate surface area is 184 Å². The van der Waals surface area contributed by atoms with E-state index in [4.69, 9.17) is 16.3 Å². The number of carbonyl (C=O) groups is 3. The Morgan fingerprint density at radius 3 is 2.72 bits per heavy atom. The predicted octanol–water partition coefficient (Wildman–Crippen LogP) is 5.43. The maximum absolute atomic E-state index is 12.5. The molecule has 3 aromatic rings. The van der Waals surface area contributed by atoms with Crippen molar-refractivity contribution in [2.75, 3.05) is 17.7 Å². The lowest BCUT2D eigenvalue weighted by atomic mass is 10.1. The number of ether oxygens (including phenoxy) is 1. The van der Waals surface area contributed by atoms with Gasteiger partial charge in [-0.25, -0.2) is 9.78 Å². The molecule has 0 aliphatic heterocycles. The molecule has 152 valence electrons. The molecule has 1 aromatic carbocycles. The van der Waals surface area contributed by atoms with Crippen LogP contribution >= 0.6 is 46.0 Å². The average molecular weight is 469 g/mol. The molecule has 2 aromatic heterocycles. The van der Waals surface area contributed by atoms with Crippen LogP contribution < -0.4 is 5.32 Å². The van der Waals surface area contributed by atoms with E-state index in [2.05, 4.69) is 10.3 Å². The summed E-state index contributed by atoms with van der Waals surface area (Å²) in [6, 6.07) is 5.47. The fraction of sp³-hybridized carbons (Fsp3) is 0.263. The molecule has 0 radical (unpaired) electrons. The topological polar surface area (TPSA) is 85.4 Å². The fourth-order valence-electron chi connectivity index (χ4n) is 2.62. The number of benzene rings is 1. The number of aromatic nitrogens is 1. The molecular weight excluding hydrogens is 452 g/mol. The van der Waals surface area contributed by atoms with Crippen molar-refractivity contribution in [2.45, 2.75) is 25.1 Å². The molecular formula is C19H17ClN2O4S3. The number of rotatable bonds is 7. The van der Waals surface area contributed by atoms with Crippen LogP contribution in [0.2, 0.25) is 5.02 Å². The van der Waals surface area contributed by atoms with E-state index in [-0.39, 0.29) is 29.6 Å². The Morgan fingerprint density at radius 1 is 1.28 bits per heavy atom. The average Bonchev–Trinajstić information content (AvgIpc) is 3.20. The van der Waals surface area contributed by atoms with E-state index in [1.807, 2.05) is 6.07 Å². The summed E-state index contributed by atoms with van der Waals surface area (Å²) < 4.78 is 6.81. The van der Waals surface area contributed by atoms with E-state index < -0.39 is 5.97 Å². The molecule has 2 heterocycles. The van der Waals surface area contributed by atoms with Crippen molar-refractivity contribution in [2.24, 2.45) is 0 Å². The molecule has 1 N–H and O–H groups in total. The number of hydrogen-bond acceptors (Lipinski definition) is 8.